The Balaban J connectivity index is 0.786. The number of benzene rings is 8. The van der Waals surface area contributed by atoms with Gasteiger partial charge in [0.1, 0.15) is 0 Å². The Bertz CT molecular complexity index is 5100. The predicted molar refractivity (Wildman–Crippen MR) is 341 cm³/mol. The van der Waals surface area contributed by atoms with E-state index >= 15 is 0 Å². The van der Waals surface area contributed by atoms with Crippen molar-refractivity contribution in [1.29, 1.82) is 0 Å². The Hall–Kier alpha value is -12.0. The van der Waals surface area contributed by atoms with Gasteiger partial charge in [-0.05, 0) is 84.4 Å². The van der Waals surface area contributed by atoms with E-state index in [1.165, 1.54) is 0 Å². The van der Waals surface area contributed by atoms with Crippen molar-refractivity contribution in [2.75, 3.05) is 0 Å². The Kier molecular flexibility index (Phi) is 12.2. The average molecular weight is 1100 g/mol. The molecule has 16 aromatic rings. The van der Waals surface area contributed by atoms with Crippen LogP contribution >= 0.6 is 0 Å². The standard InChI is InChI=1S/C74H46N12/c1-2-14-48(15-3-1)64-44-65(78-71(77-64)56-18-12-16-54(42-56)61-38-41-85-68-24-6-4-22-62(68)82-73(85)81-61)51-28-26-47(27-29-51)58-46-86-69-25-7-5-23-63(69)83-74(86)84-70(58)55-17-13-19-57(43-55)72-79-66(52-34-30-49(31-35-52)59-20-8-10-39-75-59)45-67(80-72)53-36-32-50(33-37-53)60-21-9-11-40-76-60/h1-46H. The van der Waals surface area contributed by atoms with E-state index in [1.807, 2.05) is 132 Å². The average Bonchev–Trinajstić information content (AvgIpc) is 2.00. The normalized spacial score (nSPS) is 11.5. The van der Waals surface area contributed by atoms with E-state index in [0.717, 1.165) is 134 Å². The van der Waals surface area contributed by atoms with Gasteiger partial charge in [-0.25, -0.2) is 39.9 Å². The summed E-state index contributed by atoms with van der Waals surface area (Å²) in [5.74, 6) is 2.41. The third kappa shape index (κ3) is 9.35. The van der Waals surface area contributed by atoms with Gasteiger partial charge in [-0.1, -0.05) is 176 Å². The molecule has 0 aliphatic rings. The lowest BCUT2D eigenvalue weighted by molar-refractivity contribution is 1.14. The van der Waals surface area contributed by atoms with Crippen molar-refractivity contribution in [3.05, 3.63) is 280 Å². The van der Waals surface area contributed by atoms with Crippen molar-refractivity contribution >= 4 is 33.6 Å². The third-order valence-electron chi connectivity index (χ3n) is 15.6. The van der Waals surface area contributed by atoms with Crippen LogP contribution in [0.4, 0.5) is 0 Å². The van der Waals surface area contributed by atoms with Crippen molar-refractivity contribution in [3.63, 3.8) is 0 Å². The van der Waals surface area contributed by atoms with Crippen molar-refractivity contribution < 1.29 is 0 Å². The summed E-state index contributed by atoms with van der Waals surface area (Å²) in [4.78, 5) is 50.4. The summed E-state index contributed by atoms with van der Waals surface area (Å²) in [6, 6.07) is 86.4. The smallest absolute Gasteiger partial charge is 0.235 e. The summed E-state index contributed by atoms with van der Waals surface area (Å²) in [5.41, 5.74) is 21.6. The van der Waals surface area contributed by atoms with Crippen molar-refractivity contribution in [2.45, 2.75) is 0 Å². The fraction of sp³-hybridized carbons (Fsp3) is 0. The molecule has 0 spiro atoms. The van der Waals surface area contributed by atoms with Gasteiger partial charge < -0.3 is 0 Å². The molecule has 16 rings (SSSR count). The number of nitrogens with zero attached hydrogens (tertiary/aromatic N) is 12. The highest BCUT2D eigenvalue weighted by atomic mass is 15.1. The molecule has 0 aliphatic heterocycles. The molecule has 0 saturated heterocycles. The lowest BCUT2D eigenvalue weighted by Crippen LogP contribution is -1.99. The van der Waals surface area contributed by atoms with E-state index < -0.39 is 0 Å². The van der Waals surface area contributed by atoms with Crippen LogP contribution < -0.4 is 0 Å². The maximum absolute atomic E-state index is 5.39. The molecular formula is C74H46N12. The number of fused-ring (bicyclic) bond motifs is 6. The van der Waals surface area contributed by atoms with E-state index in [-0.39, 0.29) is 0 Å². The molecule has 0 bridgehead atoms. The van der Waals surface area contributed by atoms with Gasteiger partial charge in [0, 0.05) is 86.0 Å². The summed E-state index contributed by atoms with van der Waals surface area (Å²) in [5, 5.41) is 0. The number of aromatic nitrogens is 12. The second kappa shape index (κ2) is 21.1. The van der Waals surface area contributed by atoms with Crippen LogP contribution in [-0.4, -0.2) is 58.6 Å². The number of hydrogen-bond donors (Lipinski definition) is 0. The topological polar surface area (TPSA) is 138 Å². The zero-order valence-corrected chi connectivity index (χ0v) is 45.9. The third-order valence-corrected chi connectivity index (χ3v) is 15.6. The molecule has 0 N–H and O–H groups in total. The molecule has 0 aliphatic carbocycles. The molecule has 0 amide bonds. The van der Waals surface area contributed by atoms with Crippen LogP contribution in [0.1, 0.15) is 0 Å². The highest BCUT2D eigenvalue weighted by Gasteiger charge is 2.20. The lowest BCUT2D eigenvalue weighted by atomic mass is 9.97. The molecule has 12 nitrogen and oxygen atoms in total. The van der Waals surface area contributed by atoms with Gasteiger partial charge in [-0.2, -0.15) is 0 Å². The highest BCUT2D eigenvalue weighted by Crippen LogP contribution is 2.38. The van der Waals surface area contributed by atoms with Crippen molar-refractivity contribution in [2.24, 2.45) is 0 Å². The number of imidazole rings is 2. The number of para-hydroxylation sites is 4. The second-order valence-electron chi connectivity index (χ2n) is 21.0. The molecule has 0 radical (unpaired) electrons. The summed E-state index contributed by atoms with van der Waals surface area (Å²) >= 11 is 0. The molecule has 0 saturated carbocycles. The largest absolute Gasteiger partial charge is 0.284 e. The maximum Gasteiger partial charge on any atom is 0.235 e. The van der Waals surface area contributed by atoms with E-state index in [1.54, 1.807) is 0 Å². The minimum Gasteiger partial charge on any atom is -0.284 e. The van der Waals surface area contributed by atoms with Gasteiger partial charge in [0.05, 0.1) is 67.6 Å². The molecule has 8 aromatic carbocycles. The van der Waals surface area contributed by atoms with E-state index in [0.29, 0.717) is 23.2 Å². The molecule has 402 valence electrons. The van der Waals surface area contributed by atoms with E-state index in [4.69, 9.17) is 39.9 Å². The molecular weight excluding hydrogens is 1060 g/mol. The molecule has 0 fully saturated rings. The minimum atomic E-state index is 0.576. The van der Waals surface area contributed by atoms with Crippen LogP contribution in [0.5, 0.6) is 0 Å². The van der Waals surface area contributed by atoms with E-state index in [9.17, 15) is 0 Å². The van der Waals surface area contributed by atoms with Gasteiger partial charge in [0.15, 0.2) is 11.6 Å². The van der Waals surface area contributed by atoms with Gasteiger partial charge in [-0.15, -0.1) is 0 Å². The zero-order valence-electron chi connectivity index (χ0n) is 45.9. The van der Waals surface area contributed by atoms with Gasteiger partial charge >= 0.3 is 0 Å². The zero-order chi connectivity index (χ0) is 56.9. The molecule has 0 atom stereocenters. The lowest BCUT2D eigenvalue weighted by Gasteiger charge is -2.14. The van der Waals surface area contributed by atoms with Crippen molar-refractivity contribution in [3.8, 4) is 124 Å². The first kappa shape index (κ1) is 49.8. The summed E-state index contributed by atoms with van der Waals surface area (Å²) in [7, 11) is 0. The first-order chi connectivity index (χ1) is 42.5. The Morgan fingerprint density at radius 2 is 0.663 bits per heavy atom. The summed E-state index contributed by atoms with van der Waals surface area (Å²) in [6.45, 7) is 0. The first-order valence-electron chi connectivity index (χ1n) is 28.3. The van der Waals surface area contributed by atoms with Crippen LogP contribution in [0.2, 0.25) is 0 Å². The Morgan fingerprint density at radius 3 is 1.20 bits per heavy atom. The Labute approximate surface area is 493 Å². The van der Waals surface area contributed by atoms with Crippen LogP contribution in [0, 0.1) is 0 Å². The molecule has 8 heterocycles. The fourth-order valence-corrected chi connectivity index (χ4v) is 11.2. The van der Waals surface area contributed by atoms with Crippen LogP contribution in [0.3, 0.4) is 0 Å². The van der Waals surface area contributed by atoms with Gasteiger partial charge in [-0.3, -0.25) is 18.8 Å². The predicted octanol–water partition coefficient (Wildman–Crippen LogP) is 16.8. The highest BCUT2D eigenvalue weighted by molar-refractivity contribution is 5.88. The number of pyridine rings is 2. The molecule has 12 heteroatoms. The Morgan fingerprint density at radius 1 is 0.244 bits per heavy atom. The van der Waals surface area contributed by atoms with Gasteiger partial charge in [0.25, 0.3) is 0 Å². The van der Waals surface area contributed by atoms with Crippen LogP contribution in [-0.2, 0) is 0 Å². The monoisotopic (exact) mass is 1100 g/mol. The summed E-state index contributed by atoms with van der Waals surface area (Å²) < 4.78 is 4.09. The van der Waals surface area contributed by atoms with E-state index in [2.05, 4.69) is 166 Å². The molecule has 86 heavy (non-hydrogen) atoms. The van der Waals surface area contributed by atoms with Gasteiger partial charge in [0.2, 0.25) is 11.6 Å². The molecule has 0 unspecified atom stereocenters. The SMILES string of the molecule is c1ccc(-c2cc(-c3ccc(-c4cn5c(nc4-c4cccc(-c6nc(-c7ccc(-c8ccccn8)cc7)cc(-c7ccc(-c8ccccn8)cc7)n6)c4)nc4ccccc45)cc3)nc(-c3cccc(-c4ccn5c(n4)nc4ccccc45)c3)n2)cc1. The maximum atomic E-state index is 5.39. The number of rotatable bonds is 11. The van der Waals surface area contributed by atoms with Crippen molar-refractivity contribution in [1.82, 2.24) is 58.6 Å². The van der Waals surface area contributed by atoms with Crippen LogP contribution in [0.15, 0.2) is 280 Å². The minimum absolute atomic E-state index is 0.576. The quantitative estimate of drug-likeness (QED) is 0.123. The fourth-order valence-electron chi connectivity index (χ4n) is 11.2. The first-order valence-corrected chi connectivity index (χ1v) is 28.3. The summed E-state index contributed by atoms with van der Waals surface area (Å²) in [6.07, 6.45) is 7.81. The number of hydrogen-bond acceptors (Lipinski definition) is 10. The second-order valence-corrected chi connectivity index (χ2v) is 21.0. The van der Waals surface area contributed by atoms with Crippen LogP contribution in [0.25, 0.3) is 158 Å². The molecule has 8 aromatic heterocycles.